The molecule has 0 saturated heterocycles. The summed E-state index contributed by atoms with van der Waals surface area (Å²) in [5.74, 6) is -2.24. The van der Waals surface area contributed by atoms with Gasteiger partial charge >= 0.3 is 5.97 Å². The van der Waals surface area contributed by atoms with Crippen LogP contribution in [0, 0.1) is 0 Å². The number of hydrogen-bond donors (Lipinski definition) is 4. The number of rotatable bonds is 8. The molecule has 0 unspecified atom stereocenters. The van der Waals surface area contributed by atoms with Crippen LogP contribution in [0.2, 0.25) is 0 Å². The Morgan fingerprint density at radius 3 is 2.35 bits per heavy atom. The third-order valence-electron chi connectivity index (χ3n) is 4.04. The Balaban J connectivity index is 1.59. The van der Waals surface area contributed by atoms with Gasteiger partial charge in [0.15, 0.2) is 0 Å². The van der Waals surface area contributed by atoms with Crippen LogP contribution >= 0.6 is 0 Å². The lowest BCUT2D eigenvalue weighted by Gasteiger charge is -2.08. The van der Waals surface area contributed by atoms with Gasteiger partial charge in [0.25, 0.3) is 17.4 Å². The van der Waals surface area contributed by atoms with Crippen molar-refractivity contribution in [1.82, 2.24) is 15.3 Å². The fraction of sp³-hybridized carbons (Fsp3) is 0.0952. The Morgan fingerprint density at radius 2 is 1.71 bits per heavy atom. The van der Waals surface area contributed by atoms with Gasteiger partial charge in [0.05, 0.1) is 0 Å². The number of aliphatic carboxylic acids is 1. The molecule has 0 saturated carbocycles. The maximum absolute atomic E-state index is 12.4. The number of nitrogens with one attached hydrogen (secondary N) is 3. The molecule has 0 bridgehead atoms. The highest BCUT2D eigenvalue weighted by molar-refractivity contribution is 6.03. The Bertz CT molecular complexity index is 1140. The Hall–Kier alpha value is -4.47. The smallest absolute Gasteiger partial charge is 0.322 e. The van der Waals surface area contributed by atoms with E-state index in [4.69, 9.17) is 9.84 Å². The zero-order chi connectivity index (χ0) is 22.2. The van der Waals surface area contributed by atoms with E-state index in [0.29, 0.717) is 17.9 Å². The number of aromatic amines is 1. The number of aromatic nitrogens is 2. The summed E-state index contributed by atoms with van der Waals surface area (Å²) in [5.41, 5.74) is 0.120. The molecule has 0 aliphatic heterocycles. The van der Waals surface area contributed by atoms with E-state index in [0.717, 1.165) is 11.8 Å². The minimum absolute atomic E-state index is 0.158. The van der Waals surface area contributed by atoms with Gasteiger partial charge in [-0.1, -0.05) is 30.3 Å². The van der Waals surface area contributed by atoms with Crippen LogP contribution in [0.25, 0.3) is 0 Å². The molecule has 4 N–H and O–H groups in total. The quantitative estimate of drug-likeness (QED) is 0.429. The Kier molecular flexibility index (Phi) is 6.74. The van der Waals surface area contributed by atoms with Gasteiger partial charge in [0, 0.05) is 11.8 Å². The lowest BCUT2D eigenvalue weighted by molar-refractivity contribution is -0.135. The van der Waals surface area contributed by atoms with Crippen LogP contribution in [-0.2, 0) is 11.4 Å². The van der Waals surface area contributed by atoms with Gasteiger partial charge in [0.2, 0.25) is 5.95 Å². The normalized spacial score (nSPS) is 10.2. The fourth-order valence-electron chi connectivity index (χ4n) is 2.49. The predicted octanol–water partition coefficient (Wildman–Crippen LogP) is 1.42. The van der Waals surface area contributed by atoms with Crippen molar-refractivity contribution in [2.24, 2.45) is 0 Å². The monoisotopic (exact) mass is 422 g/mol. The average Bonchev–Trinajstić information content (AvgIpc) is 2.77. The molecule has 1 aromatic heterocycles. The number of carboxylic acids is 1. The number of amides is 2. The van der Waals surface area contributed by atoms with Crippen LogP contribution in [0.5, 0.6) is 5.75 Å². The van der Waals surface area contributed by atoms with Crippen molar-refractivity contribution in [2.75, 3.05) is 11.9 Å². The standard InChI is InChI=1S/C21H18N4O6/c26-17(27)11-22-19(29)16-10-23-21(25-20(16)30)24-18(28)14-6-8-15(9-7-14)31-12-13-4-2-1-3-5-13/h1-10H,11-12H2,(H,22,29)(H,26,27)(H2,23,24,25,28,30). The third kappa shape index (κ3) is 6.00. The van der Waals surface area contributed by atoms with Crippen LogP contribution in [0.1, 0.15) is 26.3 Å². The highest BCUT2D eigenvalue weighted by Crippen LogP contribution is 2.15. The summed E-state index contributed by atoms with van der Waals surface area (Å²) < 4.78 is 5.66. The van der Waals surface area contributed by atoms with Gasteiger partial charge in [-0.2, -0.15) is 0 Å². The van der Waals surface area contributed by atoms with Crippen molar-refractivity contribution >= 4 is 23.7 Å². The van der Waals surface area contributed by atoms with Crippen LogP contribution in [0.3, 0.4) is 0 Å². The van der Waals surface area contributed by atoms with E-state index in [1.54, 1.807) is 24.3 Å². The van der Waals surface area contributed by atoms with Crippen LogP contribution in [0.15, 0.2) is 65.6 Å². The highest BCUT2D eigenvalue weighted by atomic mass is 16.5. The maximum atomic E-state index is 12.4. The van der Waals surface area contributed by atoms with Gasteiger partial charge in [-0.3, -0.25) is 29.5 Å². The summed E-state index contributed by atoms with van der Waals surface area (Å²) in [6, 6.07) is 16.0. The SMILES string of the molecule is O=C(O)CNC(=O)c1cnc(NC(=O)c2ccc(OCc3ccccc3)cc2)[nH]c1=O. The maximum Gasteiger partial charge on any atom is 0.322 e. The summed E-state index contributed by atoms with van der Waals surface area (Å²) in [5, 5.41) is 13.0. The van der Waals surface area contributed by atoms with Gasteiger partial charge in [0.1, 0.15) is 24.5 Å². The molecule has 0 fully saturated rings. The second kappa shape index (κ2) is 9.83. The number of benzene rings is 2. The number of H-pyrrole nitrogens is 1. The molecule has 0 aliphatic rings. The minimum Gasteiger partial charge on any atom is -0.489 e. The van der Waals surface area contributed by atoms with E-state index < -0.39 is 29.9 Å². The van der Waals surface area contributed by atoms with Crippen molar-refractivity contribution in [1.29, 1.82) is 0 Å². The number of hydrogen-bond acceptors (Lipinski definition) is 6. The molecule has 10 nitrogen and oxygen atoms in total. The molecular weight excluding hydrogens is 404 g/mol. The number of nitrogens with zero attached hydrogens (tertiary/aromatic N) is 1. The molecule has 2 aromatic carbocycles. The number of carbonyl (C=O) groups excluding carboxylic acids is 2. The number of anilines is 1. The van der Waals surface area contributed by atoms with E-state index in [1.807, 2.05) is 30.3 Å². The van der Waals surface area contributed by atoms with E-state index in [2.05, 4.69) is 20.6 Å². The van der Waals surface area contributed by atoms with E-state index in [-0.39, 0.29) is 11.5 Å². The number of carbonyl (C=O) groups is 3. The highest BCUT2D eigenvalue weighted by Gasteiger charge is 2.14. The molecule has 0 radical (unpaired) electrons. The van der Waals surface area contributed by atoms with Gasteiger partial charge < -0.3 is 15.2 Å². The molecule has 0 spiro atoms. The molecule has 0 atom stereocenters. The second-order valence-corrected chi connectivity index (χ2v) is 6.30. The molecule has 3 rings (SSSR count). The zero-order valence-corrected chi connectivity index (χ0v) is 16.1. The van der Waals surface area contributed by atoms with Crippen molar-refractivity contribution in [3.05, 3.63) is 87.8 Å². The first-order valence-electron chi connectivity index (χ1n) is 9.10. The number of carboxylic acid groups (broad SMARTS) is 1. The van der Waals surface area contributed by atoms with Crippen molar-refractivity contribution in [3.63, 3.8) is 0 Å². The minimum atomic E-state index is -1.25. The average molecular weight is 422 g/mol. The van der Waals surface area contributed by atoms with Crippen LogP contribution in [0.4, 0.5) is 5.95 Å². The fourth-order valence-corrected chi connectivity index (χ4v) is 2.49. The molecule has 3 aromatic rings. The van der Waals surface area contributed by atoms with E-state index in [1.165, 1.54) is 0 Å². The number of ether oxygens (including phenoxy) is 1. The molecule has 158 valence electrons. The largest absolute Gasteiger partial charge is 0.489 e. The Morgan fingerprint density at radius 1 is 1.00 bits per heavy atom. The van der Waals surface area contributed by atoms with Gasteiger partial charge in [-0.05, 0) is 29.8 Å². The molecule has 10 heteroatoms. The van der Waals surface area contributed by atoms with Crippen LogP contribution in [-0.4, -0.2) is 39.4 Å². The molecule has 2 amide bonds. The first-order valence-corrected chi connectivity index (χ1v) is 9.10. The summed E-state index contributed by atoms with van der Waals surface area (Å²) >= 11 is 0. The van der Waals surface area contributed by atoms with Crippen molar-refractivity contribution in [3.8, 4) is 5.75 Å². The summed E-state index contributed by atoms with van der Waals surface area (Å²) in [7, 11) is 0. The molecule has 1 heterocycles. The first kappa shape index (κ1) is 21.2. The van der Waals surface area contributed by atoms with E-state index >= 15 is 0 Å². The lowest BCUT2D eigenvalue weighted by atomic mass is 10.2. The summed E-state index contributed by atoms with van der Waals surface area (Å²) in [6.45, 7) is -0.244. The van der Waals surface area contributed by atoms with Gasteiger partial charge in [-0.15, -0.1) is 0 Å². The molecule has 31 heavy (non-hydrogen) atoms. The third-order valence-corrected chi connectivity index (χ3v) is 4.04. The second-order valence-electron chi connectivity index (χ2n) is 6.30. The lowest BCUT2D eigenvalue weighted by Crippen LogP contribution is -2.34. The molecule has 0 aliphatic carbocycles. The van der Waals surface area contributed by atoms with Crippen LogP contribution < -0.4 is 20.9 Å². The zero-order valence-electron chi connectivity index (χ0n) is 16.1. The predicted molar refractivity (Wildman–Crippen MR) is 110 cm³/mol. The van der Waals surface area contributed by atoms with Crippen molar-refractivity contribution in [2.45, 2.75) is 6.61 Å². The Labute approximate surface area is 175 Å². The van der Waals surface area contributed by atoms with Gasteiger partial charge in [-0.25, -0.2) is 4.98 Å². The first-order chi connectivity index (χ1) is 14.9. The van der Waals surface area contributed by atoms with Crippen molar-refractivity contribution < 1.29 is 24.2 Å². The summed E-state index contributed by atoms with van der Waals surface area (Å²) in [4.78, 5) is 52.7. The molecular formula is C21H18N4O6. The topological polar surface area (TPSA) is 150 Å². The van der Waals surface area contributed by atoms with E-state index in [9.17, 15) is 19.2 Å². The summed E-state index contributed by atoms with van der Waals surface area (Å²) in [6.07, 6.45) is 0.951.